The van der Waals surface area contributed by atoms with Crippen molar-refractivity contribution in [3.05, 3.63) is 40.9 Å². The first-order chi connectivity index (χ1) is 7.66. The number of hydrogen-bond donors (Lipinski definition) is 4. The Labute approximate surface area is 91.3 Å². The average molecular weight is 217 g/mol. The van der Waals surface area contributed by atoms with Crippen LogP contribution in [-0.4, -0.2) is 9.97 Å². The summed E-state index contributed by atoms with van der Waals surface area (Å²) in [6, 6.07) is 7.03. The Hall–Kier alpha value is -2.50. The molecule has 6 nitrogen and oxygen atoms in total. The molecule has 0 aliphatic carbocycles. The van der Waals surface area contributed by atoms with Crippen LogP contribution in [-0.2, 0) is 0 Å². The number of nitrogens with one attached hydrogen (secondary N) is 2. The van der Waals surface area contributed by atoms with Crippen molar-refractivity contribution in [3.8, 4) is 0 Å². The first-order valence-electron chi connectivity index (χ1n) is 4.62. The highest BCUT2D eigenvalue weighted by molar-refractivity contribution is 5.68. The van der Waals surface area contributed by atoms with Crippen molar-refractivity contribution in [2.45, 2.75) is 0 Å². The predicted molar refractivity (Wildman–Crippen MR) is 63.4 cm³/mol. The Morgan fingerprint density at radius 1 is 1.19 bits per heavy atom. The van der Waals surface area contributed by atoms with Crippen molar-refractivity contribution in [1.29, 1.82) is 0 Å². The molecule has 0 radical (unpaired) electrons. The van der Waals surface area contributed by atoms with Crippen LogP contribution in [0.5, 0.6) is 0 Å². The summed E-state index contributed by atoms with van der Waals surface area (Å²) in [6.07, 6.45) is 1.29. The molecule has 0 amide bonds. The van der Waals surface area contributed by atoms with Crippen LogP contribution in [0.25, 0.3) is 0 Å². The summed E-state index contributed by atoms with van der Waals surface area (Å²) >= 11 is 0. The van der Waals surface area contributed by atoms with E-state index in [2.05, 4.69) is 15.3 Å². The molecule has 0 aliphatic heterocycles. The maximum atomic E-state index is 11.2. The second-order valence-corrected chi connectivity index (χ2v) is 3.24. The normalized spacial score (nSPS) is 10.0. The SMILES string of the molecule is Nc1ccc(Nc2nc[nH]c(=O)c2N)cc1. The van der Waals surface area contributed by atoms with Crippen LogP contribution in [0.2, 0.25) is 0 Å². The zero-order chi connectivity index (χ0) is 11.5. The maximum absolute atomic E-state index is 11.2. The fourth-order valence-electron chi connectivity index (χ4n) is 1.21. The Morgan fingerprint density at radius 3 is 2.56 bits per heavy atom. The zero-order valence-electron chi connectivity index (χ0n) is 8.40. The quantitative estimate of drug-likeness (QED) is 0.553. The first kappa shape index (κ1) is 10.0. The molecule has 82 valence electrons. The monoisotopic (exact) mass is 217 g/mol. The van der Waals surface area contributed by atoms with Gasteiger partial charge in [-0.1, -0.05) is 0 Å². The summed E-state index contributed by atoms with van der Waals surface area (Å²) in [5.74, 6) is 0.327. The highest BCUT2D eigenvalue weighted by atomic mass is 16.1. The van der Waals surface area contributed by atoms with E-state index in [0.717, 1.165) is 5.69 Å². The molecule has 0 spiro atoms. The van der Waals surface area contributed by atoms with E-state index in [9.17, 15) is 4.79 Å². The summed E-state index contributed by atoms with van der Waals surface area (Å²) in [7, 11) is 0. The fourth-order valence-corrected chi connectivity index (χ4v) is 1.21. The third-order valence-electron chi connectivity index (χ3n) is 2.06. The molecule has 2 rings (SSSR count). The standard InChI is InChI=1S/C10H11N5O/c11-6-1-3-7(4-2-6)15-9-8(12)10(16)14-5-13-9/h1-5H,11-12H2,(H2,13,14,15,16). The van der Waals surface area contributed by atoms with Crippen LogP contribution in [0.1, 0.15) is 0 Å². The van der Waals surface area contributed by atoms with Gasteiger partial charge in [0.05, 0.1) is 6.33 Å². The van der Waals surface area contributed by atoms with Crippen LogP contribution in [0, 0.1) is 0 Å². The molecule has 0 fully saturated rings. The first-order valence-corrected chi connectivity index (χ1v) is 4.62. The molecule has 1 aromatic carbocycles. The van der Waals surface area contributed by atoms with Gasteiger partial charge in [0.1, 0.15) is 5.69 Å². The molecule has 6 heteroatoms. The Bertz CT molecular complexity index is 546. The summed E-state index contributed by atoms with van der Waals surface area (Å²) in [5, 5.41) is 2.93. The smallest absolute Gasteiger partial charge is 0.276 e. The minimum Gasteiger partial charge on any atom is -0.399 e. The Balaban J connectivity index is 2.30. The van der Waals surface area contributed by atoms with E-state index in [0.29, 0.717) is 11.5 Å². The lowest BCUT2D eigenvalue weighted by Crippen LogP contribution is -2.14. The summed E-state index contributed by atoms with van der Waals surface area (Å²) < 4.78 is 0. The van der Waals surface area contributed by atoms with E-state index in [1.807, 2.05) is 0 Å². The molecule has 0 saturated carbocycles. The molecule has 6 N–H and O–H groups in total. The Kier molecular flexibility index (Phi) is 2.47. The van der Waals surface area contributed by atoms with Crippen molar-refractivity contribution < 1.29 is 0 Å². The summed E-state index contributed by atoms with van der Waals surface area (Å²) in [4.78, 5) is 17.5. The van der Waals surface area contributed by atoms with E-state index in [1.54, 1.807) is 24.3 Å². The number of nitrogen functional groups attached to an aromatic ring is 2. The number of rotatable bonds is 2. The molecule has 0 bridgehead atoms. The van der Waals surface area contributed by atoms with Crippen molar-refractivity contribution >= 4 is 22.9 Å². The Morgan fingerprint density at radius 2 is 1.88 bits per heavy atom. The van der Waals surface area contributed by atoms with Gasteiger partial charge < -0.3 is 21.8 Å². The number of nitrogens with two attached hydrogens (primary N) is 2. The van der Waals surface area contributed by atoms with Crippen LogP contribution < -0.4 is 22.3 Å². The highest BCUT2D eigenvalue weighted by Gasteiger charge is 2.03. The fraction of sp³-hybridized carbons (Fsp3) is 0. The average Bonchev–Trinajstić information content (AvgIpc) is 2.28. The predicted octanol–water partition coefficient (Wildman–Crippen LogP) is 0.678. The van der Waals surface area contributed by atoms with E-state index in [4.69, 9.17) is 11.5 Å². The van der Waals surface area contributed by atoms with Crippen LogP contribution in [0.15, 0.2) is 35.4 Å². The van der Waals surface area contributed by atoms with Gasteiger partial charge in [-0.3, -0.25) is 4.79 Å². The van der Waals surface area contributed by atoms with E-state index >= 15 is 0 Å². The van der Waals surface area contributed by atoms with E-state index in [1.165, 1.54) is 6.33 Å². The van der Waals surface area contributed by atoms with Gasteiger partial charge in [0, 0.05) is 11.4 Å². The minimum absolute atomic E-state index is 0.0549. The van der Waals surface area contributed by atoms with Crippen LogP contribution >= 0.6 is 0 Å². The molecule has 1 aromatic heterocycles. The van der Waals surface area contributed by atoms with Gasteiger partial charge in [-0.2, -0.15) is 0 Å². The van der Waals surface area contributed by atoms with Crippen molar-refractivity contribution in [1.82, 2.24) is 9.97 Å². The zero-order valence-corrected chi connectivity index (χ0v) is 8.40. The number of aromatic nitrogens is 2. The van der Waals surface area contributed by atoms with Gasteiger partial charge in [-0.25, -0.2) is 4.98 Å². The number of nitrogens with zero attached hydrogens (tertiary/aromatic N) is 1. The lowest BCUT2D eigenvalue weighted by atomic mass is 10.3. The van der Waals surface area contributed by atoms with Gasteiger partial charge in [0.15, 0.2) is 5.82 Å². The molecular weight excluding hydrogens is 206 g/mol. The van der Waals surface area contributed by atoms with Gasteiger partial charge in [-0.15, -0.1) is 0 Å². The molecule has 0 atom stereocenters. The topological polar surface area (TPSA) is 110 Å². The highest BCUT2D eigenvalue weighted by Crippen LogP contribution is 2.17. The molecule has 1 heterocycles. The van der Waals surface area contributed by atoms with E-state index in [-0.39, 0.29) is 11.2 Å². The van der Waals surface area contributed by atoms with Gasteiger partial charge in [0.25, 0.3) is 5.56 Å². The van der Waals surface area contributed by atoms with E-state index < -0.39 is 0 Å². The number of anilines is 4. The lowest BCUT2D eigenvalue weighted by molar-refractivity contribution is 1.13. The number of hydrogen-bond acceptors (Lipinski definition) is 5. The van der Waals surface area contributed by atoms with Crippen molar-refractivity contribution in [3.63, 3.8) is 0 Å². The molecule has 16 heavy (non-hydrogen) atoms. The third kappa shape index (κ3) is 1.95. The molecule has 0 aliphatic rings. The molecular formula is C10H11N5O. The second-order valence-electron chi connectivity index (χ2n) is 3.24. The molecule has 0 saturated heterocycles. The minimum atomic E-state index is -0.368. The molecule has 0 unspecified atom stereocenters. The van der Waals surface area contributed by atoms with Gasteiger partial charge >= 0.3 is 0 Å². The van der Waals surface area contributed by atoms with Gasteiger partial charge in [0.2, 0.25) is 0 Å². The van der Waals surface area contributed by atoms with Crippen LogP contribution in [0.3, 0.4) is 0 Å². The lowest BCUT2D eigenvalue weighted by Gasteiger charge is -2.06. The van der Waals surface area contributed by atoms with Crippen molar-refractivity contribution in [2.24, 2.45) is 0 Å². The largest absolute Gasteiger partial charge is 0.399 e. The van der Waals surface area contributed by atoms with Gasteiger partial charge in [-0.05, 0) is 24.3 Å². The number of H-pyrrole nitrogens is 1. The summed E-state index contributed by atoms with van der Waals surface area (Å²) in [6.45, 7) is 0. The van der Waals surface area contributed by atoms with Crippen molar-refractivity contribution in [2.75, 3.05) is 16.8 Å². The molecule has 2 aromatic rings. The summed E-state index contributed by atoms with van der Waals surface area (Å²) in [5.41, 5.74) is 12.2. The number of aromatic amines is 1. The van der Waals surface area contributed by atoms with Crippen LogP contribution in [0.4, 0.5) is 22.9 Å². The second kappa shape index (κ2) is 3.93. The maximum Gasteiger partial charge on any atom is 0.276 e. The number of benzene rings is 1. The third-order valence-corrected chi connectivity index (χ3v) is 2.06.